The highest BCUT2D eigenvalue weighted by Gasteiger charge is 2.10. The topological polar surface area (TPSA) is 24.9 Å². The lowest BCUT2D eigenvalue weighted by Gasteiger charge is -2.12. The number of aryl methyl sites for hydroxylation is 2. The van der Waals surface area contributed by atoms with Gasteiger partial charge in [0, 0.05) is 22.3 Å². The van der Waals surface area contributed by atoms with E-state index in [9.17, 15) is 0 Å². The quantitative estimate of drug-likeness (QED) is 0.898. The van der Waals surface area contributed by atoms with Crippen LogP contribution in [0.25, 0.3) is 0 Å². The number of thiazole rings is 1. The van der Waals surface area contributed by atoms with Crippen molar-refractivity contribution >= 4 is 22.7 Å². The van der Waals surface area contributed by atoms with Crippen LogP contribution >= 0.6 is 22.7 Å². The van der Waals surface area contributed by atoms with Crippen LogP contribution in [0.15, 0.2) is 17.0 Å². The summed E-state index contributed by atoms with van der Waals surface area (Å²) in [7, 11) is 0. The molecule has 0 saturated carbocycles. The Morgan fingerprint density at radius 1 is 1.38 bits per heavy atom. The Kier molecular flexibility index (Phi) is 3.74. The maximum absolute atomic E-state index is 4.28. The predicted molar refractivity (Wildman–Crippen MR) is 71.2 cm³/mol. The van der Waals surface area contributed by atoms with Crippen molar-refractivity contribution in [3.8, 4) is 0 Å². The van der Waals surface area contributed by atoms with E-state index in [2.05, 4.69) is 42.5 Å². The Hall–Kier alpha value is -0.710. The molecule has 0 bridgehead atoms. The summed E-state index contributed by atoms with van der Waals surface area (Å²) in [5.41, 5.74) is 4.44. The zero-order valence-electron chi connectivity index (χ0n) is 9.78. The second-order valence-corrected chi connectivity index (χ2v) is 5.82. The smallest absolute Gasteiger partial charge is 0.0798 e. The molecule has 2 aromatic rings. The van der Waals surface area contributed by atoms with Gasteiger partial charge in [-0.05, 0) is 37.8 Å². The minimum Gasteiger partial charge on any atom is -0.304 e. The molecule has 2 rings (SSSR count). The molecule has 0 amide bonds. The number of thiophene rings is 1. The van der Waals surface area contributed by atoms with E-state index in [4.69, 9.17) is 0 Å². The molecular weight excluding hydrogens is 236 g/mol. The highest BCUT2D eigenvalue weighted by molar-refractivity contribution is 7.10. The summed E-state index contributed by atoms with van der Waals surface area (Å²) in [6.07, 6.45) is 0. The van der Waals surface area contributed by atoms with Gasteiger partial charge in [-0.3, -0.25) is 0 Å². The first-order valence-corrected chi connectivity index (χ1v) is 7.10. The molecule has 1 unspecified atom stereocenters. The molecule has 4 heteroatoms. The van der Waals surface area contributed by atoms with Gasteiger partial charge in [0.2, 0.25) is 0 Å². The molecule has 0 aliphatic heterocycles. The van der Waals surface area contributed by atoms with Crippen molar-refractivity contribution in [2.24, 2.45) is 0 Å². The molecule has 0 fully saturated rings. The third-order valence-corrected chi connectivity index (χ3v) is 4.85. The van der Waals surface area contributed by atoms with Gasteiger partial charge in [-0.2, -0.15) is 0 Å². The number of nitrogens with zero attached hydrogens (tertiary/aromatic N) is 1. The van der Waals surface area contributed by atoms with Gasteiger partial charge in [0.05, 0.1) is 11.2 Å². The van der Waals surface area contributed by atoms with Gasteiger partial charge in [-0.25, -0.2) is 4.98 Å². The lowest BCUT2D eigenvalue weighted by molar-refractivity contribution is 0.582. The van der Waals surface area contributed by atoms with Crippen molar-refractivity contribution in [1.82, 2.24) is 10.3 Å². The SMILES string of the molecule is Cc1ccsc1CNC(C)c1scnc1C. The van der Waals surface area contributed by atoms with Crippen molar-refractivity contribution < 1.29 is 0 Å². The van der Waals surface area contributed by atoms with Gasteiger partial charge in [0.25, 0.3) is 0 Å². The van der Waals surface area contributed by atoms with Crippen LogP contribution in [0.4, 0.5) is 0 Å². The van der Waals surface area contributed by atoms with Crippen LogP contribution < -0.4 is 5.32 Å². The summed E-state index contributed by atoms with van der Waals surface area (Å²) in [5.74, 6) is 0. The fourth-order valence-corrected chi connectivity index (χ4v) is 3.34. The molecule has 0 spiro atoms. The molecule has 2 nitrogen and oxygen atoms in total. The fourth-order valence-electron chi connectivity index (χ4n) is 1.65. The Morgan fingerprint density at radius 3 is 2.75 bits per heavy atom. The van der Waals surface area contributed by atoms with Crippen molar-refractivity contribution in [1.29, 1.82) is 0 Å². The standard InChI is InChI=1S/C12H16N2S2/c1-8-4-5-15-11(8)6-13-9(2)12-10(3)14-7-16-12/h4-5,7,9,13H,6H2,1-3H3. The Balaban J connectivity index is 1.97. The van der Waals surface area contributed by atoms with Crippen molar-refractivity contribution in [2.75, 3.05) is 0 Å². The molecule has 86 valence electrons. The van der Waals surface area contributed by atoms with Crippen LogP contribution in [0.3, 0.4) is 0 Å². The summed E-state index contributed by atoms with van der Waals surface area (Å²) in [5, 5.41) is 5.70. The molecule has 0 radical (unpaired) electrons. The van der Waals surface area contributed by atoms with Crippen LogP contribution in [0, 0.1) is 13.8 Å². The molecule has 1 atom stereocenters. The largest absolute Gasteiger partial charge is 0.304 e. The van der Waals surface area contributed by atoms with Crippen LogP contribution in [0.1, 0.15) is 34.0 Å². The maximum atomic E-state index is 4.28. The van der Waals surface area contributed by atoms with Gasteiger partial charge < -0.3 is 5.32 Å². The Labute approximate surface area is 104 Å². The Bertz CT molecular complexity index is 459. The average Bonchev–Trinajstić information content (AvgIpc) is 2.84. The first kappa shape index (κ1) is 11.8. The van der Waals surface area contributed by atoms with Crippen molar-refractivity contribution in [2.45, 2.75) is 33.4 Å². The third kappa shape index (κ3) is 2.51. The molecule has 0 aliphatic rings. The maximum Gasteiger partial charge on any atom is 0.0798 e. The summed E-state index contributed by atoms with van der Waals surface area (Å²) in [6.45, 7) is 7.38. The molecule has 1 N–H and O–H groups in total. The molecule has 0 aromatic carbocycles. The molecule has 16 heavy (non-hydrogen) atoms. The molecule has 0 aliphatic carbocycles. The molecule has 0 saturated heterocycles. The number of hydrogen-bond donors (Lipinski definition) is 1. The minimum absolute atomic E-state index is 0.383. The van der Waals surface area contributed by atoms with Crippen LogP contribution in [-0.2, 0) is 6.54 Å². The van der Waals surface area contributed by atoms with E-state index in [0.29, 0.717) is 6.04 Å². The average molecular weight is 252 g/mol. The van der Waals surface area contributed by atoms with Gasteiger partial charge in [-0.15, -0.1) is 22.7 Å². The monoisotopic (exact) mass is 252 g/mol. The van der Waals surface area contributed by atoms with Gasteiger partial charge >= 0.3 is 0 Å². The molecule has 2 aromatic heterocycles. The fraction of sp³-hybridized carbons (Fsp3) is 0.417. The van der Waals surface area contributed by atoms with E-state index in [1.54, 1.807) is 11.3 Å². The van der Waals surface area contributed by atoms with E-state index in [0.717, 1.165) is 12.2 Å². The van der Waals surface area contributed by atoms with E-state index in [-0.39, 0.29) is 0 Å². The van der Waals surface area contributed by atoms with E-state index < -0.39 is 0 Å². The number of rotatable bonds is 4. The highest BCUT2D eigenvalue weighted by Crippen LogP contribution is 2.22. The predicted octanol–water partition coefficient (Wildman–Crippen LogP) is 3.67. The Morgan fingerprint density at radius 2 is 2.19 bits per heavy atom. The lowest BCUT2D eigenvalue weighted by Crippen LogP contribution is -2.17. The van der Waals surface area contributed by atoms with Crippen LogP contribution in [0.5, 0.6) is 0 Å². The summed E-state index contributed by atoms with van der Waals surface area (Å²) < 4.78 is 0. The third-order valence-electron chi connectivity index (χ3n) is 2.71. The lowest BCUT2D eigenvalue weighted by atomic mass is 10.2. The van der Waals surface area contributed by atoms with Gasteiger partial charge in [0.1, 0.15) is 0 Å². The number of nitrogens with one attached hydrogen (secondary N) is 1. The van der Waals surface area contributed by atoms with E-state index in [1.165, 1.54) is 15.3 Å². The van der Waals surface area contributed by atoms with E-state index in [1.807, 2.05) is 16.8 Å². The normalized spacial score (nSPS) is 12.9. The zero-order valence-corrected chi connectivity index (χ0v) is 11.4. The second-order valence-electron chi connectivity index (χ2n) is 3.93. The molecule has 2 heterocycles. The van der Waals surface area contributed by atoms with Gasteiger partial charge in [-0.1, -0.05) is 0 Å². The number of aromatic nitrogens is 1. The second kappa shape index (κ2) is 5.08. The summed E-state index contributed by atoms with van der Waals surface area (Å²) in [4.78, 5) is 7.05. The van der Waals surface area contributed by atoms with Gasteiger partial charge in [0.15, 0.2) is 0 Å². The minimum atomic E-state index is 0.383. The zero-order chi connectivity index (χ0) is 11.5. The van der Waals surface area contributed by atoms with E-state index >= 15 is 0 Å². The van der Waals surface area contributed by atoms with Crippen LogP contribution in [0.2, 0.25) is 0 Å². The first-order valence-electron chi connectivity index (χ1n) is 5.35. The van der Waals surface area contributed by atoms with Crippen molar-refractivity contribution in [3.63, 3.8) is 0 Å². The van der Waals surface area contributed by atoms with Crippen LogP contribution in [-0.4, -0.2) is 4.98 Å². The first-order chi connectivity index (χ1) is 7.68. The molecular formula is C12H16N2S2. The highest BCUT2D eigenvalue weighted by atomic mass is 32.1. The summed E-state index contributed by atoms with van der Waals surface area (Å²) in [6, 6.07) is 2.55. The number of hydrogen-bond acceptors (Lipinski definition) is 4. The summed E-state index contributed by atoms with van der Waals surface area (Å²) >= 11 is 3.55. The van der Waals surface area contributed by atoms with Crippen molar-refractivity contribution in [3.05, 3.63) is 38.0 Å².